The molecule has 2 aromatic rings. The highest BCUT2D eigenvalue weighted by molar-refractivity contribution is 5.84. The van der Waals surface area contributed by atoms with Gasteiger partial charge in [-0.1, -0.05) is 18.2 Å². The molecular weight excluding hydrogens is 234 g/mol. The van der Waals surface area contributed by atoms with E-state index in [-0.39, 0.29) is 13.0 Å². The van der Waals surface area contributed by atoms with E-state index < -0.39 is 12.1 Å². The van der Waals surface area contributed by atoms with Crippen molar-refractivity contribution in [1.29, 1.82) is 0 Å². The van der Waals surface area contributed by atoms with Gasteiger partial charge in [-0.05, 0) is 12.1 Å². The van der Waals surface area contributed by atoms with Crippen LogP contribution in [-0.2, 0) is 4.79 Å². The molecule has 94 valence electrons. The van der Waals surface area contributed by atoms with Crippen LogP contribution in [0.1, 0.15) is 6.42 Å². The Hall–Kier alpha value is -2.14. The number of aliphatic carboxylic acids is 1. The molecule has 0 radical (unpaired) electrons. The number of nitrogens with zero attached hydrogens (tertiary/aromatic N) is 1. The zero-order valence-electron chi connectivity index (χ0n) is 9.61. The van der Waals surface area contributed by atoms with Crippen LogP contribution in [0.15, 0.2) is 36.5 Å². The maximum atomic E-state index is 10.4. The molecule has 1 aromatic carbocycles. The number of aromatic nitrogens is 1. The van der Waals surface area contributed by atoms with Crippen LogP contribution >= 0.6 is 0 Å². The van der Waals surface area contributed by atoms with Gasteiger partial charge in [0.2, 0.25) is 0 Å². The number of carbonyl (C=O) groups is 1. The molecule has 0 amide bonds. The Balaban J connectivity index is 2.10. The van der Waals surface area contributed by atoms with Crippen molar-refractivity contribution in [3.8, 4) is 5.75 Å². The molecule has 0 saturated heterocycles. The van der Waals surface area contributed by atoms with E-state index in [1.54, 1.807) is 12.3 Å². The quantitative estimate of drug-likeness (QED) is 0.835. The molecule has 0 spiro atoms. The zero-order valence-corrected chi connectivity index (χ0v) is 9.61. The smallest absolute Gasteiger partial charge is 0.306 e. The fraction of sp³-hybridized carbons (Fsp3) is 0.231. The second-order valence-electron chi connectivity index (χ2n) is 3.89. The molecule has 0 saturated carbocycles. The van der Waals surface area contributed by atoms with Crippen molar-refractivity contribution >= 4 is 16.9 Å². The Labute approximate surface area is 104 Å². The minimum atomic E-state index is -1.05. The number of rotatable bonds is 5. The summed E-state index contributed by atoms with van der Waals surface area (Å²) >= 11 is 0. The van der Waals surface area contributed by atoms with E-state index in [4.69, 9.17) is 9.84 Å². The third-order valence-electron chi connectivity index (χ3n) is 2.44. The standard InChI is InChI=1S/C13H13NO4/c15-10(7-12(16)17)8-18-11-5-1-3-9-4-2-6-14-13(9)11/h1-6,10,15H,7-8H2,(H,16,17). The summed E-state index contributed by atoms with van der Waals surface area (Å²) in [5.74, 6) is -0.514. The van der Waals surface area contributed by atoms with Gasteiger partial charge >= 0.3 is 5.97 Å². The third-order valence-corrected chi connectivity index (χ3v) is 2.44. The van der Waals surface area contributed by atoms with Crippen molar-refractivity contribution in [3.05, 3.63) is 36.5 Å². The summed E-state index contributed by atoms with van der Waals surface area (Å²) in [6, 6.07) is 9.20. The molecule has 1 atom stereocenters. The lowest BCUT2D eigenvalue weighted by Crippen LogP contribution is -2.21. The molecular formula is C13H13NO4. The molecule has 0 aliphatic rings. The van der Waals surface area contributed by atoms with Crippen LogP contribution in [0.3, 0.4) is 0 Å². The van der Waals surface area contributed by atoms with Crippen molar-refractivity contribution in [2.24, 2.45) is 0 Å². The lowest BCUT2D eigenvalue weighted by Gasteiger charge is -2.11. The normalized spacial score (nSPS) is 12.3. The first-order chi connectivity index (χ1) is 8.66. The summed E-state index contributed by atoms with van der Waals surface area (Å²) in [7, 11) is 0. The monoisotopic (exact) mass is 247 g/mol. The largest absolute Gasteiger partial charge is 0.489 e. The topological polar surface area (TPSA) is 79.7 Å². The molecule has 0 aliphatic heterocycles. The fourth-order valence-electron chi connectivity index (χ4n) is 1.64. The number of hydrogen-bond acceptors (Lipinski definition) is 4. The predicted molar refractivity (Wildman–Crippen MR) is 65.5 cm³/mol. The van der Waals surface area contributed by atoms with Crippen molar-refractivity contribution in [1.82, 2.24) is 4.98 Å². The molecule has 2 rings (SSSR count). The Morgan fingerprint density at radius 1 is 1.33 bits per heavy atom. The van der Waals surface area contributed by atoms with Gasteiger partial charge in [0.25, 0.3) is 0 Å². The van der Waals surface area contributed by atoms with Crippen LogP contribution < -0.4 is 4.74 Å². The van der Waals surface area contributed by atoms with E-state index in [0.29, 0.717) is 11.3 Å². The van der Waals surface area contributed by atoms with E-state index in [1.807, 2.05) is 24.3 Å². The van der Waals surface area contributed by atoms with Gasteiger partial charge in [-0.2, -0.15) is 0 Å². The molecule has 0 aliphatic carbocycles. The Bertz CT molecular complexity index is 550. The maximum absolute atomic E-state index is 10.4. The first-order valence-electron chi connectivity index (χ1n) is 5.53. The van der Waals surface area contributed by atoms with Gasteiger partial charge in [0.15, 0.2) is 0 Å². The number of para-hydroxylation sites is 1. The SMILES string of the molecule is O=C(O)CC(O)COc1cccc2cccnc12. The van der Waals surface area contributed by atoms with Crippen molar-refractivity contribution < 1.29 is 19.7 Å². The number of fused-ring (bicyclic) bond motifs is 1. The minimum absolute atomic E-state index is 0.0675. The summed E-state index contributed by atoms with van der Waals surface area (Å²) in [6.07, 6.45) is 0.294. The van der Waals surface area contributed by atoms with Crippen LogP contribution in [0, 0.1) is 0 Å². The van der Waals surface area contributed by atoms with Gasteiger partial charge in [0.1, 0.15) is 17.9 Å². The van der Waals surface area contributed by atoms with E-state index in [0.717, 1.165) is 5.39 Å². The lowest BCUT2D eigenvalue weighted by molar-refractivity contribution is -0.139. The number of aliphatic hydroxyl groups is 1. The van der Waals surface area contributed by atoms with Gasteiger partial charge < -0.3 is 14.9 Å². The van der Waals surface area contributed by atoms with Gasteiger partial charge in [-0.25, -0.2) is 0 Å². The molecule has 2 N–H and O–H groups in total. The van der Waals surface area contributed by atoms with Gasteiger partial charge in [0.05, 0.1) is 12.5 Å². The average molecular weight is 247 g/mol. The van der Waals surface area contributed by atoms with Crippen LogP contribution in [0.4, 0.5) is 0 Å². The molecule has 1 heterocycles. The number of aliphatic hydroxyl groups excluding tert-OH is 1. The molecule has 1 aromatic heterocycles. The van der Waals surface area contributed by atoms with E-state index in [1.165, 1.54) is 0 Å². The zero-order chi connectivity index (χ0) is 13.0. The molecule has 0 bridgehead atoms. The van der Waals surface area contributed by atoms with Gasteiger partial charge in [-0.3, -0.25) is 9.78 Å². The Morgan fingerprint density at radius 2 is 2.11 bits per heavy atom. The summed E-state index contributed by atoms with van der Waals surface area (Å²) < 4.78 is 5.41. The number of benzene rings is 1. The number of ether oxygens (including phenoxy) is 1. The molecule has 0 fully saturated rings. The number of pyridine rings is 1. The van der Waals surface area contributed by atoms with Gasteiger partial charge in [-0.15, -0.1) is 0 Å². The first kappa shape index (κ1) is 12.3. The highest BCUT2D eigenvalue weighted by Crippen LogP contribution is 2.23. The first-order valence-corrected chi connectivity index (χ1v) is 5.53. The molecule has 5 nitrogen and oxygen atoms in total. The summed E-state index contributed by atoms with van der Waals surface area (Å²) in [4.78, 5) is 14.6. The summed E-state index contributed by atoms with van der Waals surface area (Å²) in [5, 5.41) is 18.9. The average Bonchev–Trinajstić information content (AvgIpc) is 2.35. The lowest BCUT2D eigenvalue weighted by atomic mass is 10.2. The van der Waals surface area contributed by atoms with Crippen molar-refractivity contribution in [3.63, 3.8) is 0 Å². The van der Waals surface area contributed by atoms with E-state index >= 15 is 0 Å². The van der Waals surface area contributed by atoms with Crippen LogP contribution in [0.25, 0.3) is 10.9 Å². The van der Waals surface area contributed by atoms with Crippen molar-refractivity contribution in [2.75, 3.05) is 6.61 Å². The van der Waals surface area contributed by atoms with E-state index in [9.17, 15) is 9.90 Å². The third kappa shape index (κ3) is 2.95. The Morgan fingerprint density at radius 3 is 2.89 bits per heavy atom. The van der Waals surface area contributed by atoms with Crippen molar-refractivity contribution in [2.45, 2.75) is 12.5 Å². The summed E-state index contributed by atoms with van der Waals surface area (Å²) in [5.41, 5.74) is 0.697. The van der Waals surface area contributed by atoms with Crippen LogP contribution in [0.2, 0.25) is 0 Å². The summed E-state index contributed by atoms with van der Waals surface area (Å²) in [6.45, 7) is -0.0675. The molecule has 1 unspecified atom stereocenters. The molecule has 5 heteroatoms. The van der Waals surface area contributed by atoms with Crippen LogP contribution in [-0.4, -0.2) is 33.9 Å². The second-order valence-corrected chi connectivity index (χ2v) is 3.89. The fourth-order valence-corrected chi connectivity index (χ4v) is 1.64. The highest BCUT2D eigenvalue weighted by Gasteiger charge is 2.11. The number of carboxylic acids is 1. The maximum Gasteiger partial charge on any atom is 0.306 e. The van der Waals surface area contributed by atoms with Crippen LogP contribution in [0.5, 0.6) is 5.75 Å². The van der Waals surface area contributed by atoms with Gasteiger partial charge in [0, 0.05) is 11.6 Å². The highest BCUT2D eigenvalue weighted by atomic mass is 16.5. The van der Waals surface area contributed by atoms with E-state index in [2.05, 4.69) is 4.98 Å². The predicted octanol–water partition coefficient (Wildman–Crippen LogP) is 1.45. The number of hydrogen-bond donors (Lipinski definition) is 2. The number of carboxylic acid groups (broad SMARTS) is 1. The molecule has 18 heavy (non-hydrogen) atoms. The Kier molecular flexibility index (Phi) is 3.74. The second kappa shape index (κ2) is 5.46. The minimum Gasteiger partial charge on any atom is -0.489 e.